The molecule has 0 bridgehead atoms. The van der Waals surface area contributed by atoms with Gasteiger partial charge in [-0.15, -0.1) is 0 Å². The Morgan fingerprint density at radius 3 is 2.47 bits per heavy atom. The molecule has 0 aliphatic rings. The zero-order valence-corrected chi connectivity index (χ0v) is 11.4. The van der Waals surface area contributed by atoms with Crippen LogP contribution in [0.25, 0.3) is 0 Å². The highest BCUT2D eigenvalue weighted by atomic mass is 16.5. The molecule has 1 N–H and O–H groups in total. The molecule has 0 radical (unpaired) electrons. The summed E-state index contributed by atoms with van der Waals surface area (Å²) in [6.45, 7) is 9.17. The molecular weight excluding hydrogens is 212 g/mol. The highest BCUT2D eigenvalue weighted by Gasteiger charge is 2.11. The van der Waals surface area contributed by atoms with Gasteiger partial charge in [0, 0.05) is 5.56 Å². The van der Waals surface area contributed by atoms with Crippen molar-refractivity contribution < 1.29 is 9.84 Å². The van der Waals surface area contributed by atoms with Gasteiger partial charge in [0.2, 0.25) is 0 Å². The van der Waals surface area contributed by atoms with Gasteiger partial charge >= 0.3 is 0 Å². The fourth-order valence-electron chi connectivity index (χ4n) is 1.74. The molecule has 1 aromatic carbocycles. The third kappa shape index (κ3) is 5.22. The Morgan fingerprint density at radius 1 is 1.24 bits per heavy atom. The summed E-state index contributed by atoms with van der Waals surface area (Å²) < 4.78 is 5.73. The highest BCUT2D eigenvalue weighted by molar-refractivity contribution is 5.34. The molecule has 2 heteroatoms. The van der Waals surface area contributed by atoms with E-state index in [0.717, 1.165) is 24.2 Å². The van der Waals surface area contributed by atoms with Crippen LogP contribution in [-0.2, 0) is 0 Å². The molecule has 0 amide bonds. The van der Waals surface area contributed by atoms with Crippen molar-refractivity contribution in [3.63, 3.8) is 0 Å². The lowest BCUT2D eigenvalue weighted by Gasteiger charge is -2.18. The first-order valence-electron chi connectivity index (χ1n) is 6.30. The number of aliphatic hydroxyl groups is 1. The van der Waals surface area contributed by atoms with Crippen LogP contribution >= 0.6 is 0 Å². The SMILES string of the molecule is C[C@@H](O)c1ccccc1OCCCC(C)(C)C. The topological polar surface area (TPSA) is 29.5 Å². The number of aliphatic hydroxyl groups excluding tert-OH is 1. The lowest BCUT2D eigenvalue weighted by Crippen LogP contribution is -2.08. The number of hydrogen-bond acceptors (Lipinski definition) is 2. The summed E-state index contributed by atoms with van der Waals surface area (Å²) in [5, 5.41) is 9.61. The molecule has 0 aliphatic carbocycles. The van der Waals surface area contributed by atoms with Crippen LogP contribution in [0.4, 0.5) is 0 Å². The van der Waals surface area contributed by atoms with E-state index in [9.17, 15) is 5.11 Å². The summed E-state index contributed by atoms with van der Waals surface area (Å²) in [4.78, 5) is 0. The predicted octanol–water partition coefficient (Wildman–Crippen LogP) is 3.95. The lowest BCUT2D eigenvalue weighted by atomic mass is 9.91. The van der Waals surface area contributed by atoms with E-state index in [1.807, 2.05) is 24.3 Å². The van der Waals surface area contributed by atoms with Crippen LogP contribution < -0.4 is 4.74 Å². The number of hydrogen-bond donors (Lipinski definition) is 1. The van der Waals surface area contributed by atoms with Gasteiger partial charge in [-0.3, -0.25) is 0 Å². The zero-order valence-electron chi connectivity index (χ0n) is 11.4. The fourth-order valence-corrected chi connectivity index (χ4v) is 1.74. The zero-order chi connectivity index (χ0) is 12.9. The molecule has 0 unspecified atom stereocenters. The van der Waals surface area contributed by atoms with E-state index >= 15 is 0 Å². The molecule has 1 atom stereocenters. The molecule has 0 saturated heterocycles. The monoisotopic (exact) mass is 236 g/mol. The third-order valence-electron chi connectivity index (χ3n) is 2.70. The van der Waals surface area contributed by atoms with Crippen molar-refractivity contribution in [1.82, 2.24) is 0 Å². The molecule has 96 valence electrons. The Balaban J connectivity index is 2.47. The first kappa shape index (κ1) is 14.0. The van der Waals surface area contributed by atoms with Crippen molar-refractivity contribution in [2.75, 3.05) is 6.61 Å². The van der Waals surface area contributed by atoms with Gasteiger partial charge in [-0.05, 0) is 31.2 Å². The second kappa shape index (κ2) is 6.06. The first-order valence-corrected chi connectivity index (χ1v) is 6.30. The minimum Gasteiger partial charge on any atom is -0.493 e. The van der Waals surface area contributed by atoms with Crippen LogP contribution in [0.1, 0.15) is 52.2 Å². The second-order valence-corrected chi connectivity index (χ2v) is 5.73. The smallest absolute Gasteiger partial charge is 0.125 e. The second-order valence-electron chi connectivity index (χ2n) is 5.73. The molecule has 1 aromatic rings. The quantitative estimate of drug-likeness (QED) is 0.784. The van der Waals surface area contributed by atoms with Crippen LogP contribution in [-0.4, -0.2) is 11.7 Å². The normalized spacial score (nSPS) is 13.5. The molecule has 0 spiro atoms. The van der Waals surface area contributed by atoms with E-state index in [1.165, 1.54) is 0 Å². The van der Waals surface area contributed by atoms with Crippen LogP contribution in [0, 0.1) is 5.41 Å². The Bertz CT molecular complexity index is 337. The van der Waals surface area contributed by atoms with E-state index in [-0.39, 0.29) is 0 Å². The average Bonchev–Trinajstić information content (AvgIpc) is 2.23. The van der Waals surface area contributed by atoms with Crippen LogP contribution in [0.5, 0.6) is 5.75 Å². The van der Waals surface area contributed by atoms with E-state index in [4.69, 9.17) is 4.74 Å². The van der Waals surface area contributed by atoms with Gasteiger partial charge in [0.25, 0.3) is 0 Å². The van der Waals surface area contributed by atoms with E-state index in [0.29, 0.717) is 12.0 Å². The summed E-state index contributed by atoms with van der Waals surface area (Å²) in [6.07, 6.45) is 1.70. The van der Waals surface area contributed by atoms with Crippen LogP contribution in [0.3, 0.4) is 0 Å². The predicted molar refractivity (Wildman–Crippen MR) is 71.3 cm³/mol. The fraction of sp³-hybridized carbons (Fsp3) is 0.600. The Labute approximate surface area is 105 Å². The number of ether oxygens (including phenoxy) is 1. The number of para-hydroxylation sites is 1. The molecule has 0 heterocycles. The molecular formula is C15H24O2. The van der Waals surface area contributed by atoms with Gasteiger partial charge in [-0.1, -0.05) is 39.0 Å². The van der Waals surface area contributed by atoms with E-state index in [1.54, 1.807) is 6.92 Å². The highest BCUT2D eigenvalue weighted by Crippen LogP contribution is 2.25. The van der Waals surface area contributed by atoms with Crippen molar-refractivity contribution in [3.05, 3.63) is 29.8 Å². The number of benzene rings is 1. The average molecular weight is 236 g/mol. The molecule has 0 fully saturated rings. The molecule has 17 heavy (non-hydrogen) atoms. The molecule has 0 aromatic heterocycles. The van der Waals surface area contributed by atoms with Crippen molar-refractivity contribution in [2.24, 2.45) is 5.41 Å². The minimum atomic E-state index is -0.478. The van der Waals surface area contributed by atoms with Gasteiger partial charge in [-0.2, -0.15) is 0 Å². The summed E-state index contributed by atoms with van der Waals surface area (Å²) in [5.41, 5.74) is 1.22. The summed E-state index contributed by atoms with van der Waals surface area (Å²) in [5.74, 6) is 0.802. The van der Waals surface area contributed by atoms with Gasteiger partial charge in [0.15, 0.2) is 0 Å². The molecule has 2 nitrogen and oxygen atoms in total. The Morgan fingerprint density at radius 2 is 1.88 bits per heavy atom. The first-order chi connectivity index (χ1) is 7.90. The number of rotatable bonds is 5. The summed E-state index contributed by atoms with van der Waals surface area (Å²) in [6, 6.07) is 7.68. The van der Waals surface area contributed by atoms with Crippen molar-refractivity contribution in [2.45, 2.75) is 46.6 Å². The summed E-state index contributed by atoms with van der Waals surface area (Å²) >= 11 is 0. The largest absolute Gasteiger partial charge is 0.493 e. The van der Waals surface area contributed by atoms with Gasteiger partial charge in [0.1, 0.15) is 5.75 Å². The molecule has 0 aliphatic heterocycles. The van der Waals surface area contributed by atoms with Crippen molar-refractivity contribution >= 4 is 0 Å². The van der Waals surface area contributed by atoms with Gasteiger partial charge < -0.3 is 9.84 Å². The minimum absolute atomic E-state index is 0.354. The Kier molecular flexibility index (Phi) is 5.01. The standard InChI is InChI=1S/C15H24O2/c1-12(16)13-8-5-6-9-14(13)17-11-7-10-15(2,3)4/h5-6,8-9,12,16H,7,10-11H2,1-4H3/t12-/m1/s1. The van der Waals surface area contributed by atoms with Crippen LogP contribution in [0.2, 0.25) is 0 Å². The maximum absolute atomic E-state index is 9.61. The van der Waals surface area contributed by atoms with Gasteiger partial charge in [0.05, 0.1) is 12.7 Å². The Hall–Kier alpha value is -1.02. The summed E-state index contributed by atoms with van der Waals surface area (Å²) in [7, 11) is 0. The lowest BCUT2D eigenvalue weighted by molar-refractivity contribution is 0.189. The molecule has 1 rings (SSSR count). The third-order valence-corrected chi connectivity index (χ3v) is 2.70. The van der Waals surface area contributed by atoms with E-state index in [2.05, 4.69) is 20.8 Å². The van der Waals surface area contributed by atoms with Crippen LogP contribution in [0.15, 0.2) is 24.3 Å². The van der Waals surface area contributed by atoms with Crippen molar-refractivity contribution in [3.8, 4) is 5.75 Å². The molecule has 0 saturated carbocycles. The van der Waals surface area contributed by atoms with E-state index < -0.39 is 6.10 Å². The van der Waals surface area contributed by atoms with Gasteiger partial charge in [-0.25, -0.2) is 0 Å². The maximum atomic E-state index is 9.61. The van der Waals surface area contributed by atoms with Crippen molar-refractivity contribution in [1.29, 1.82) is 0 Å². The maximum Gasteiger partial charge on any atom is 0.125 e.